The Morgan fingerprint density at radius 2 is 1.76 bits per heavy atom. The minimum Gasteiger partial charge on any atom is -0.483 e. The third-order valence-electron chi connectivity index (χ3n) is 3.27. The van der Waals surface area contributed by atoms with Gasteiger partial charge in [-0.05, 0) is 38.8 Å². The number of aliphatic carboxylic acids is 1. The topological polar surface area (TPSA) is 66.8 Å². The van der Waals surface area contributed by atoms with Gasteiger partial charge in [0.2, 0.25) is 0 Å². The summed E-state index contributed by atoms with van der Waals surface area (Å²) < 4.78 is 5.64. The van der Waals surface area contributed by atoms with E-state index in [1.54, 1.807) is 0 Å². The van der Waals surface area contributed by atoms with Gasteiger partial charge in [0.25, 0.3) is 5.91 Å². The van der Waals surface area contributed by atoms with Crippen LogP contribution in [0.1, 0.15) is 30.0 Å². The molecular weight excluding hydrogens is 270 g/mol. The Kier molecular flexibility index (Phi) is 6.21. The van der Waals surface area contributed by atoms with Crippen molar-refractivity contribution in [3.8, 4) is 5.75 Å². The average Bonchev–Trinajstić information content (AvgIpc) is 2.37. The summed E-state index contributed by atoms with van der Waals surface area (Å²) in [7, 11) is 0. The van der Waals surface area contributed by atoms with Crippen molar-refractivity contribution in [2.24, 2.45) is 0 Å². The zero-order valence-corrected chi connectivity index (χ0v) is 13.1. The number of amides is 1. The molecule has 0 aromatic heterocycles. The molecule has 1 amide bonds. The highest BCUT2D eigenvalue weighted by molar-refractivity contribution is 5.78. The van der Waals surface area contributed by atoms with E-state index in [4.69, 9.17) is 9.84 Å². The average molecular weight is 293 g/mol. The van der Waals surface area contributed by atoms with E-state index >= 15 is 0 Å². The maximum atomic E-state index is 12.1. The molecule has 0 radical (unpaired) electrons. The van der Waals surface area contributed by atoms with Gasteiger partial charge in [0.15, 0.2) is 6.61 Å². The quantitative estimate of drug-likeness (QED) is 0.837. The number of ether oxygens (including phenoxy) is 1. The van der Waals surface area contributed by atoms with Crippen LogP contribution in [0.4, 0.5) is 0 Å². The highest BCUT2D eigenvalue weighted by Gasteiger charge is 2.15. The monoisotopic (exact) mass is 293 g/mol. The van der Waals surface area contributed by atoms with Gasteiger partial charge in [-0.1, -0.05) is 17.7 Å². The van der Waals surface area contributed by atoms with Crippen LogP contribution in [0.25, 0.3) is 0 Å². The first kappa shape index (κ1) is 17.0. The van der Waals surface area contributed by atoms with E-state index in [-0.39, 0.29) is 25.5 Å². The van der Waals surface area contributed by atoms with Crippen molar-refractivity contribution in [3.05, 3.63) is 28.8 Å². The molecule has 5 heteroatoms. The molecule has 0 fully saturated rings. The van der Waals surface area contributed by atoms with Crippen molar-refractivity contribution in [1.29, 1.82) is 0 Å². The van der Waals surface area contributed by atoms with Gasteiger partial charge in [-0.25, -0.2) is 0 Å². The number of carboxylic acids is 1. The Morgan fingerprint density at radius 1 is 1.19 bits per heavy atom. The first-order chi connectivity index (χ1) is 9.85. The molecule has 0 saturated heterocycles. The van der Waals surface area contributed by atoms with Crippen LogP contribution in [-0.2, 0) is 9.59 Å². The van der Waals surface area contributed by atoms with E-state index in [1.165, 1.54) is 4.90 Å². The fourth-order valence-electron chi connectivity index (χ4n) is 2.31. The summed E-state index contributed by atoms with van der Waals surface area (Å²) in [5.74, 6) is -0.381. The zero-order chi connectivity index (χ0) is 16.0. The lowest BCUT2D eigenvalue weighted by Crippen LogP contribution is -2.36. The molecule has 5 nitrogen and oxygen atoms in total. The maximum absolute atomic E-state index is 12.1. The lowest BCUT2D eigenvalue weighted by Gasteiger charge is -2.21. The van der Waals surface area contributed by atoms with E-state index in [9.17, 15) is 9.59 Å². The fraction of sp³-hybridized carbons (Fsp3) is 0.500. The Labute approximate surface area is 125 Å². The molecule has 0 saturated carbocycles. The lowest BCUT2D eigenvalue weighted by atomic mass is 10.1. The minimum atomic E-state index is -0.910. The summed E-state index contributed by atoms with van der Waals surface area (Å²) in [6.45, 7) is 8.34. The third kappa shape index (κ3) is 5.10. The van der Waals surface area contributed by atoms with Crippen LogP contribution in [0.3, 0.4) is 0 Å². The van der Waals surface area contributed by atoms with Gasteiger partial charge < -0.3 is 14.7 Å². The number of benzene rings is 1. The van der Waals surface area contributed by atoms with Crippen LogP contribution in [0.15, 0.2) is 12.1 Å². The highest BCUT2D eigenvalue weighted by Crippen LogP contribution is 2.24. The summed E-state index contributed by atoms with van der Waals surface area (Å²) in [4.78, 5) is 24.1. The SMILES string of the molecule is CCN(CCC(=O)O)C(=O)COc1c(C)cc(C)cc1C. The molecule has 0 unspecified atom stereocenters. The van der Waals surface area contributed by atoms with Gasteiger partial charge in [0, 0.05) is 13.1 Å². The van der Waals surface area contributed by atoms with E-state index < -0.39 is 5.97 Å². The smallest absolute Gasteiger partial charge is 0.305 e. The number of nitrogens with zero attached hydrogens (tertiary/aromatic N) is 1. The number of likely N-dealkylation sites (N-methyl/N-ethyl adjacent to an activating group) is 1. The van der Waals surface area contributed by atoms with Crippen molar-refractivity contribution < 1.29 is 19.4 Å². The second kappa shape index (κ2) is 7.67. The molecule has 0 spiro atoms. The van der Waals surface area contributed by atoms with Crippen molar-refractivity contribution in [3.63, 3.8) is 0 Å². The highest BCUT2D eigenvalue weighted by atomic mass is 16.5. The number of hydrogen-bond acceptors (Lipinski definition) is 3. The molecule has 0 aliphatic rings. The van der Waals surface area contributed by atoms with Crippen LogP contribution in [0.5, 0.6) is 5.75 Å². The molecule has 1 rings (SSSR count). The third-order valence-corrected chi connectivity index (χ3v) is 3.27. The van der Waals surface area contributed by atoms with Gasteiger partial charge in [-0.15, -0.1) is 0 Å². The number of carbonyl (C=O) groups excluding carboxylic acids is 1. The molecule has 1 aromatic carbocycles. The Bertz CT molecular complexity index is 502. The zero-order valence-electron chi connectivity index (χ0n) is 13.1. The van der Waals surface area contributed by atoms with Gasteiger partial charge in [-0.2, -0.15) is 0 Å². The van der Waals surface area contributed by atoms with Gasteiger partial charge in [0.05, 0.1) is 6.42 Å². The first-order valence-electron chi connectivity index (χ1n) is 7.05. The molecule has 21 heavy (non-hydrogen) atoms. The van der Waals surface area contributed by atoms with Crippen LogP contribution >= 0.6 is 0 Å². The van der Waals surface area contributed by atoms with Crippen LogP contribution in [0.2, 0.25) is 0 Å². The van der Waals surface area contributed by atoms with Gasteiger partial charge in [-0.3, -0.25) is 9.59 Å². The first-order valence-corrected chi connectivity index (χ1v) is 7.05. The molecular formula is C16H23NO4. The van der Waals surface area contributed by atoms with Crippen molar-refractivity contribution >= 4 is 11.9 Å². The number of carboxylic acid groups (broad SMARTS) is 1. The largest absolute Gasteiger partial charge is 0.483 e. The lowest BCUT2D eigenvalue weighted by molar-refractivity contribution is -0.139. The fourth-order valence-corrected chi connectivity index (χ4v) is 2.31. The summed E-state index contributed by atoms with van der Waals surface area (Å²) in [5.41, 5.74) is 3.14. The number of hydrogen-bond donors (Lipinski definition) is 1. The van der Waals surface area contributed by atoms with Crippen molar-refractivity contribution in [1.82, 2.24) is 4.90 Å². The van der Waals surface area contributed by atoms with Crippen molar-refractivity contribution in [2.75, 3.05) is 19.7 Å². The molecule has 116 valence electrons. The van der Waals surface area contributed by atoms with Crippen LogP contribution < -0.4 is 4.74 Å². The normalized spacial score (nSPS) is 10.3. The second-order valence-electron chi connectivity index (χ2n) is 5.13. The van der Waals surface area contributed by atoms with Crippen molar-refractivity contribution in [2.45, 2.75) is 34.1 Å². The summed E-state index contributed by atoms with van der Waals surface area (Å²) in [6, 6.07) is 4.02. The molecule has 0 aliphatic heterocycles. The molecule has 1 N–H and O–H groups in total. The van der Waals surface area contributed by atoms with E-state index in [0.717, 1.165) is 22.4 Å². The number of aryl methyl sites for hydroxylation is 3. The maximum Gasteiger partial charge on any atom is 0.305 e. The Hall–Kier alpha value is -2.04. The van der Waals surface area contributed by atoms with Gasteiger partial charge >= 0.3 is 5.97 Å². The number of carbonyl (C=O) groups is 2. The predicted molar refractivity (Wildman–Crippen MR) is 80.7 cm³/mol. The molecule has 0 bridgehead atoms. The minimum absolute atomic E-state index is 0.0534. The number of rotatable bonds is 7. The predicted octanol–water partition coefficient (Wildman–Crippen LogP) is 2.31. The molecule has 1 aromatic rings. The van der Waals surface area contributed by atoms with E-state index in [2.05, 4.69) is 0 Å². The van der Waals surface area contributed by atoms with E-state index in [1.807, 2.05) is 39.8 Å². The summed E-state index contributed by atoms with van der Waals surface area (Å²) >= 11 is 0. The molecule has 0 atom stereocenters. The summed E-state index contributed by atoms with van der Waals surface area (Å²) in [6.07, 6.45) is -0.0534. The molecule has 0 aliphatic carbocycles. The molecule has 0 heterocycles. The van der Waals surface area contributed by atoms with Crippen LogP contribution in [-0.4, -0.2) is 41.6 Å². The second-order valence-corrected chi connectivity index (χ2v) is 5.13. The van der Waals surface area contributed by atoms with Gasteiger partial charge in [0.1, 0.15) is 5.75 Å². The van der Waals surface area contributed by atoms with Crippen LogP contribution in [0, 0.1) is 20.8 Å². The Balaban J connectivity index is 2.65. The standard InChI is InChI=1S/C16H23NO4/c1-5-17(7-6-15(19)20)14(18)10-21-16-12(3)8-11(2)9-13(16)4/h8-9H,5-7,10H2,1-4H3,(H,19,20). The van der Waals surface area contributed by atoms with E-state index in [0.29, 0.717) is 6.54 Å². The summed E-state index contributed by atoms with van der Waals surface area (Å²) in [5, 5.41) is 8.68. The Morgan fingerprint density at radius 3 is 2.24 bits per heavy atom.